The second-order valence-corrected chi connectivity index (χ2v) is 5.08. The molecule has 4 nitrogen and oxygen atoms in total. The first-order valence-electron chi connectivity index (χ1n) is 6.86. The Morgan fingerprint density at radius 2 is 1.78 bits per heavy atom. The maximum atomic E-state index is 5.50. The number of aliphatic imine (C=N–C) groups is 1. The Hall–Kier alpha value is -0.420. The van der Waals surface area contributed by atoms with Crippen LogP contribution in [0.5, 0.6) is 0 Å². The lowest BCUT2D eigenvalue weighted by Crippen LogP contribution is -2.38. The molecule has 0 atom stereocenters. The van der Waals surface area contributed by atoms with Crippen LogP contribution in [0.2, 0.25) is 0 Å². The van der Waals surface area contributed by atoms with E-state index >= 15 is 0 Å². The number of hydrogen-bond donors (Lipinski definition) is 2. The summed E-state index contributed by atoms with van der Waals surface area (Å²) in [4.78, 5) is 4.18. The summed E-state index contributed by atoms with van der Waals surface area (Å²) in [6.45, 7) is 5.79. The summed E-state index contributed by atoms with van der Waals surface area (Å²) in [6.07, 6.45) is 6.68. The molecule has 0 bridgehead atoms. The van der Waals surface area contributed by atoms with Gasteiger partial charge in [-0.3, -0.25) is 4.99 Å². The number of guanidine groups is 1. The van der Waals surface area contributed by atoms with Crippen molar-refractivity contribution in [1.82, 2.24) is 10.6 Å². The maximum absolute atomic E-state index is 5.50. The van der Waals surface area contributed by atoms with Crippen molar-refractivity contribution in [3.63, 3.8) is 0 Å². The Labute approximate surface area is 116 Å². The lowest BCUT2D eigenvalue weighted by atomic mass is 10.4. The van der Waals surface area contributed by atoms with E-state index < -0.39 is 0 Å². The Bertz CT molecular complexity index is 201. The Morgan fingerprint density at radius 3 is 2.39 bits per heavy atom. The number of rotatable bonds is 11. The molecule has 0 aromatic heterocycles. The topological polar surface area (TPSA) is 45.6 Å². The minimum absolute atomic E-state index is 0.830. The van der Waals surface area contributed by atoms with Crippen molar-refractivity contribution >= 4 is 17.7 Å². The van der Waals surface area contributed by atoms with Crippen LogP contribution in [0.1, 0.15) is 32.6 Å². The molecule has 0 amide bonds. The van der Waals surface area contributed by atoms with Gasteiger partial charge in [0.15, 0.2) is 5.96 Å². The Balaban J connectivity index is 3.34. The quantitative estimate of drug-likeness (QED) is 0.344. The maximum Gasteiger partial charge on any atom is 0.190 e. The number of nitrogens with zero attached hydrogens (tertiary/aromatic N) is 1. The van der Waals surface area contributed by atoms with Crippen molar-refractivity contribution in [3.8, 4) is 0 Å². The average molecular weight is 275 g/mol. The molecule has 0 heterocycles. The summed E-state index contributed by atoms with van der Waals surface area (Å²) in [7, 11) is 1.81. The van der Waals surface area contributed by atoms with Gasteiger partial charge in [0.1, 0.15) is 0 Å². The molecule has 0 fully saturated rings. The molecule has 0 aromatic carbocycles. The zero-order chi connectivity index (χ0) is 13.5. The molecule has 0 radical (unpaired) electrons. The van der Waals surface area contributed by atoms with Gasteiger partial charge in [-0.05, 0) is 31.3 Å². The van der Waals surface area contributed by atoms with Crippen LogP contribution in [0.25, 0.3) is 0 Å². The molecule has 0 saturated heterocycles. The predicted molar refractivity (Wildman–Crippen MR) is 82.7 cm³/mol. The largest absolute Gasteiger partial charge is 0.381 e. The molecule has 0 saturated carbocycles. The van der Waals surface area contributed by atoms with Crippen LogP contribution >= 0.6 is 11.8 Å². The van der Waals surface area contributed by atoms with Crippen LogP contribution in [0.15, 0.2) is 4.99 Å². The molecule has 2 N–H and O–H groups in total. The standard InChI is InChI=1S/C13H29N3OS/c1-4-5-10-17-11-6-8-15-13(14-2)16-9-7-12-18-3/h4-12H2,1-3H3,(H2,14,15,16). The molecule has 0 aliphatic carbocycles. The van der Waals surface area contributed by atoms with Gasteiger partial charge >= 0.3 is 0 Å². The van der Waals surface area contributed by atoms with Crippen molar-refractivity contribution in [2.24, 2.45) is 4.99 Å². The van der Waals surface area contributed by atoms with E-state index in [1.54, 1.807) is 0 Å². The smallest absolute Gasteiger partial charge is 0.190 e. The van der Waals surface area contributed by atoms with E-state index in [1.165, 1.54) is 18.6 Å². The first-order chi connectivity index (χ1) is 8.85. The van der Waals surface area contributed by atoms with E-state index in [0.717, 1.165) is 45.1 Å². The molecule has 0 unspecified atom stereocenters. The monoisotopic (exact) mass is 275 g/mol. The van der Waals surface area contributed by atoms with Gasteiger partial charge in [-0.2, -0.15) is 11.8 Å². The first-order valence-corrected chi connectivity index (χ1v) is 8.25. The third-order valence-electron chi connectivity index (χ3n) is 2.44. The van der Waals surface area contributed by atoms with Gasteiger partial charge in [-0.1, -0.05) is 13.3 Å². The molecular weight excluding hydrogens is 246 g/mol. The van der Waals surface area contributed by atoms with Crippen LogP contribution in [-0.2, 0) is 4.74 Å². The van der Waals surface area contributed by atoms with Crippen LogP contribution in [0, 0.1) is 0 Å². The van der Waals surface area contributed by atoms with E-state index in [-0.39, 0.29) is 0 Å². The minimum atomic E-state index is 0.830. The number of unbranched alkanes of at least 4 members (excludes halogenated alkanes) is 1. The van der Waals surface area contributed by atoms with Crippen LogP contribution in [0.3, 0.4) is 0 Å². The molecule has 108 valence electrons. The second kappa shape index (κ2) is 14.6. The highest BCUT2D eigenvalue weighted by Gasteiger charge is 1.96. The highest BCUT2D eigenvalue weighted by atomic mass is 32.2. The van der Waals surface area contributed by atoms with E-state index in [4.69, 9.17) is 4.74 Å². The average Bonchev–Trinajstić information content (AvgIpc) is 2.40. The predicted octanol–water partition coefficient (Wildman–Crippen LogP) is 2.11. The van der Waals surface area contributed by atoms with Crippen molar-refractivity contribution in [1.29, 1.82) is 0 Å². The zero-order valence-corrected chi connectivity index (χ0v) is 12.9. The van der Waals surface area contributed by atoms with Gasteiger partial charge < -0.3 is 15.4 Å². The third-order valence-corrected chi connectivity index (χ3v) is 3.14. The number of hydrogen-bond acceptors (Lipinski definition) is 3. The fourth-order valence-electron chi connectivity index (χ4n) is 1.37. The summed E-state index contributed by atoms with van der Waals surface area (Å²) < 4.78 is 5.50. The molecule has 0 aliphatic heterocycles. The number of ether oxygens (including phenoxy) is 1. The fraction of sp³-hybridized carbons (Fsp3) is 0.923. The summed E-state index contributed by atoms with van der Waals surface area (Å²) in [5.41, 5.74) is 0. The highest BCUT2D eigenvalue weighted by Crippen LogP contribution is 1.93. The fourth-order valence-corrected chi connectivity index (χ4v) is 1.81. The SMILES string of the molecule is CCCCOCCCNC(=NC)NCCCSC. The summed E-state index contributed by atoms with van der Waals surface area (Å²) in [5.74, 6) is 2.08. The Morgan fingerprint density at radius 1 is 1.11 bits per heavy atom. The van der Waals surface area contributed by atoms with Gasteiger partial charge in [-0.25, -0.2) is 0 Å². The van der Waals surface area contributed by atoms with Gasteiger partial charge in [-0.15, -0.1) is 0 Å². The normalized spacial score (nSPS) is 11.6. The highest BCUT2D eigenvalue weighted by molar-refractivity contribution is 7.98. The second-order valence-electron chi connectivity index (χ2n) is 4.09. The van der Waals surface area contributed by atoms with Crippen LogP contribution in [0.4, 0.5) is 0 Å². The molecule has 18 heavy (non-hydrogen) atoms. The molecule has 5 heteroatoms. The number of thioether (sulfide) groups is 1. The van der Waals surface area contributed by atoms with E-state index in [1.807, 2.05) is 18.8 Å². The van der Waals surface area contributed by atoms with Gasteiger partial charge in [0, 0.05) is 33.4 Å². The van der Waals surface area contributed by atoms with E-state index in [0.29, 0.717) is 0 Å². The minimum Gasteiger partial charge on any atom is -0.381 e. The van der Waals surface area contributed by atoms with Crippen molar-refractivity contribution in [3.05, 3.63) is 0 Å². The third kappa shape index (κ3) is 12.0. The lowest BCUT2D eigenvalue weighted by molar-refractivity contribution is 0.129. The van der Waals surface area contributed by atoms with E-state index in [2.05, 4.69) is 28.8 Å². The summed E-state index contributed by atoms with van der Waals surface area (Å²) >= 11 is 1.87. The molecule has 0 aliphatic rings. The van der Waals surface area contributed by atoms with Crippen molar-refractivity contribution in [2.75, 3.05) is 45.4 Å². The van der Waals surface area contributed by atoms with Gasteiger partial charge in [0.2, 0.25) is 0 Å². The first kappa shape index (κ1) is 17.6. The Kier molecular flexibility index (Phi) is 14.3. The summed E-state index contributed by atoms with van der Waals surface area (Å²) in [6, 6.07) is 0. The van der Waals surface area contributed by atoms with Gasteiger partial charge in [0.05, 0.1) is 0 Å². The van der Waals surface area contributed by atoms with E-state index in [9.17, 15) is 0 Å². The van der Waals surface area contributed by atoms with Crippen LogP contribution in [-0.4, -0.2) is 51.3 Å². The van der Waals surface area contributed by atoms with Crippen LogP contribution < -0.4 is 10.6 Å². The summed E-state index contributed by atoms with van der Waals surface area (Å²) in [5, 5.41) is 6.59. The van der Waals surface area contributed by atoms with Crippen molar-refractivity contribution < 1.29 is 4.74 Å². The molecular formula is C13H29N3OS. The molecule has 0 spiro atoms. The zero-order valence-electron chi connectivity index (χ0n) is 12.1. The molecule has 0 rings (SSSR count). The van der Waals surface area contributed by atoms with Crippen molar-refractivity contribution in [2.45, 2.75) is 32.6 Å². The molecule has 0 aromatic rings. The van der Waals surface area contributed by atoms with Gasteiger partial charge in [0.25, 0.3) is 0 Å². The lowest BCUT2D eigenvalue weighted by Gasteiger charge is -2.11. The number of nitrogens with one attached hydrogen (secondary N) is 2.